The number of benzene rings is 1. The normalized spacial score (nSPS) is 10.5. The van der Waals surface area contributed by atoms with Gasteiger partial charge in [0.2, 0.25) is 0 Å². The summed E-state index contributed by atoms with van der Waals surface area (Å²) < 4.78 is 14.1. The molecule has 0 unspecified atom stereocenters. The smallest absolute Gasteiger partial charge is 0.169 e. The van der Waals surface area contributed by atoms with Gasteiger partial charge in [0, 0.05) is 21.3 Å². The number of hydrogen-bond donors (Lipinski definition) is 0. The average molecular weight is 334 g/mol. The molecule has 1 nitrogen and oxygen atoms in total. The van der Waals surface area contributed by atoms with Gasteiger partial charge in [-0.2, -0.15) is 0 Å². The van der Waals surface area contributed by atoms with Crippen LogP contribution >= 0.6 is 38.9 Å². The SMILES string of the molecule is O=C(Cc1sccc1Br)c1cccc(F)c1Cl. The maximum Gasteiger partial charge on any atom is 0.169 e. The topological polar surface area (TPSA) is 17.1 Å². The standard InChI is InChI=1S/C12H7BrClFOS/c13-8-4-5-17-11(8)6-10(16)7-2-1-3-9(15)12(7)14/h1-5H,6H2. The van der Waals surface area contributed by atoms with Gasteiger partial charge in [0.25, 0.3) is 0 Å². The van der Waals surface area contributed by atoms with Crippen LogP contribution in [-0.4, -0.2) is 5.78 Å². The Morgan fingerprint density at radius 3 is 2.82 bits per heavy atom. The van der Waals surface area contributed by atoms with Gasteiger partial charge >= 0.3 is 0 Å². The minimum absolute atomic E-state index is 0.106. The van der Waals surface area contributed by atoms with Crippen LogP contribution in [0, 0.1) is 5.82 Å². The van der Waals surface area contributed by atoms with Crippen molar-refractivity contribution in [3.8, 4) is 0 Å². The van der Waals surface area contributed by atoms with Crippen LogP contribution in [0.4, 0.5) is 4.39 Å². The molecular weight excluding hydrogens is 327 g/mol. The minimum atomic E-state index is -0.567. The molecule has 1 aromatic carbocycles. The van der Waals surface area contributed by atoms with Crippen LogP contribution in [0.3, 0.4) is 0 Å². The summed E-state index contributed by atoms with van der Waals surface area (Å²) in [5.74, 6) is -0.750. The van der Waals surface area contributed by atoms with Crippen molar-refractivity contribution in [3.05, 3.63) is 55.4 Å². The first-order chi connectivity index (χ1) is 8.09. The highest BCUT2D eigenvalue weighted by Gasteiger charge is 2.15. The summed E-state index contributed by atoms with van der Waals surface area (Å²) in [4.78, 5) is 12.9. The van der Waals surface area contributed by atoms with Crippen molar-refractivity contribution in [2.45, 2.75) is 6.42 Å². The molecule has 0 saturated heterocycles. The highest BCUT2D eigenvalue weighted by Crippen LogP contribution is 2.26. The Bertz CT molecular complexity index is 567. The van der Waals surface area contributed by atoms with Gasteiger partial charge in [0.15, 0.2) is 5.78 Å². The Morgan fingerprint density at radius 1 is 1.41 bits per heavy atom. The molecule has 0 N–H and O–H groups in total. The van der Waals surface area contributed by atoms with Crippen LogP contribution in [0.2, 0.25) is 5.02 Å². The van der Waals surface area contributed by atoms with Gasteiger partial charge in [-0.05, 0) is 39.5 Å². The lowest BCUT2D eigenvalue weighted by Gasteiger charge is -2.03. The second-order valence-electron chi connectivity index (χ2n) is 3.39. The van der Waals surface area contributed by atoms with Crippen molar-refractivity contribution in [3.63, 3.8) is 0 Å². The molecule has 1 heterocycles. The quantitative estimate of drug-likeness (QED) is 0.742. The molecule has 88 valence electrons. The van der Waals surface area contributed by atoms with Crippen LogP contribution < -0.4 is 0 Å². The second kappa shape index (κ2) is 5.29. The van der Waals surface area contributed by atoms with Gasteiger partial charge in [-0.3, -0.25) is 4.79 Å². The average Bonchev–Trinajstić information content (AvgIpc) is 2.68. The molecule has 0 saturated carbocycles. The zero-order valence-corrected chi connectivity index (χ0v) is 11.7. The maximum atomic E-state index is 13.2. The minimum Gasteiger partial charge on any atom is -0.294 e. The Balaban J connectivity index is 2.27. The maximum absolute atomic E-state index is 13.2. The van der Waals surface area contributed by atoms with Crippen molar-refractivity contribution in [2.24, 2.45) is 0 Å². The fourth-order valence-corrected chi connectivity index (χ4v) is 3.13. The van der Waals surface area contributed by atoms with E-state index in [1.807, 2.05) is 11.4 Å². The molecule has 0 aliphatic heterocycles. The van der Waals surface area contributed by atoms with Gasteiger partial charge < -0.3 is 0 Å². The van der Waals surface area contributed by atoms with Crippen LogP contribution in [0.25, 0.3) is 0 Å². The Kier molecular flexibility index (Phi) is 3.97. The van der Waals surface area contributed by atoms with E-state index in [1.54, 1.807) is 0 Å². The zero-order valence-electron chi connectivity index (χ0n) is 8.54. The molecular formula is C12H7BrClFOS. The van der Waals surface area contributed by atoms with Gasteiger partial charge in [-0.1, -0.05) is 17.7 Å². The molecule has 17 heavy (non-hydrogen) atoms. The highest BCUT2D eigenvalue weighted by atomic mass is 79.9. The van der Waals surface area contributed by atoms with Crippen molar-refractivity contribution < 1.29 is 9.18 Å². The Morgan fingerprint density at radius 2 is 2.18 bits per heavy atom. The molecule has 0 atom stereocenters. The van der Waals surface area contributed by atoms with Gasteiger partial charge in [-0.25, -0.2) is 4.39 Å². The van der Waals surface area contributed by atoms with E-state index < -0.39 is 5.82 Å². The van der Waals surface area contributed by atoms with E-state index in [1.165, 1.54) is 29.5 Å². The Hall–Kier alpha value is -0.710. The largest absolute Gasteiger partial charge is 0.294 e. The molecule has 2 aromatic rings. The van der Waals surface area contributed by atoms with Gasteiger partial charge in [0.1, 0.15) is 5.82 Å². The number of carbonyl (C=O) groups is 1. The van der Waals surface area contributed by atoms with Gasteiger partial charge in [0.05, 0.1) is 5.02 Å². The van der Waals surface area contributed by atoms with E-state index in [4.69, 9.17) is 11.6 Å². The fraction of sp³-hybridized carbons (Fsp3) is 0.0833. The molecule has 0 aliphatic carbocycles. The van der Waals surface area contributed by atoms with Gasteiger partial charge in [-0.15, -0.1) is 11.3 Å². The van der Waals surface area contributed by atoms with Crippen LogP contribution in [0.1, 0.15) is 15.2 Å². The van der Waals surface area contributed by atoms with E-state index >= 15 is 0 Å². The summed E-state index contributed by atoms with van der Waals surface area (Å²) in [5.41, 5.74) is 0.229. The van der Waals surface area contributed by atoms with Crippen LogP contribution in [0.15, 0.2) is 34.1 Å². The van der Waals surface area contributed by atoms with E-state index in [0.717, 1.165) is 9.35 Å². The monoisotopic (exact) mass is 332 g/mol. The molecule has 5 heteroatoms. The van der Waals surface area contributed by atoms with E-state index in [9.17, 15) is 9.18 Å². The fourth-order valence-electron chi connectivity index (χ4n) is 1.41. The van der Waals surface area contributed by atoms with E-state index in [2.05, 4.69) is 15.9 Å². The first-order valence-electron chi connectivity index (χ1n) is 4.78. The molecule has 0 bridgehead atoms. The molecule has 0 aliphatic rings. The molecule has 0 spiro atoms. The molecule has 2 rings (SSSR count). The van der Waals surface area contributed by atoms with Crippen molar-refractivity contribution in [2.75, 3.05) is 0 Å². The summed E-state index contributed by atoms with van der Waals surface area (Å²) in [5, 5.41) is 1.78. The third kappa shape index (κ3) is 2.76. The number of carbonyl (C=O) groups excluding carboxylic acids is 1. The third-order valence-electron chi connectivity index (χ3n) is 2.26. The summed E-state index contributed by atoms with van der Waals surface area (Å²) in [6, 6.07) is 6.13. The summed E-state index contributed by atoms with van der Waals surface area (Å²) in [7, 11) is 0. The summed E-state index contributed by atoms with van der Waals surface area (Å²) >= 11 is 10.6. The Labute approximate surface area is 115 Å². The number of thiophene rings is 1. The molecule has 1 aromatic heterocycles. The van der Waals surface area contributed by atoms with Crippen molar-refractivity contribution in [1.82, 2.24) is 0 Å². The molecule has 0 radical (unpaired) electrons. The molecule has 0 fully saturated rings. The zero-order chi connectivity index (χ0) is 12.4. The van der Waals surface area contributed by atoms with Crippen LogP contribution in [-0.2, 0) is 6.42 Å². The second-order valence-corrected chi connectivity index (χ2v) is 5.63. The van der Waals surface area contributed by atoms with E-state index in [-0.39, 0.29) is 22.8 Å². The lowest BCUT2D eigenvalue weighted by atomic mass is 10.1. The predicted octanol–water partition coefficient (Wildman–Crippen LogP) is 4.73. The van der Waals surface area contributed by atoms with Crippen molar-refractivity contribution in [1.29, 1.82) is 0 Å². The third-order valence-corrected chi connectivity index (χ3v) is 4.57. The number of ketones is 1. The lowest BCUT2D eigenvalue weighted by Crippen LogP contribution is -2.04. The number of Topliss-reactive ketones (excluding diaryl/α,β-unsaturated/α-hetero) is 1. The first-order valence-corrected chi connectivity index (χ1v) is 6.83. The summed E-state index contributed by atoms with van der Waals surface area (Å²) in [6.07, 6.45) is 0.224. The van der Waals surface area contributed by atoms with Crippen molar-refractivity contribution >= 4 is 44.7 Å². The number of halogens is 3. The number of rotatable bonds is 3. The summed E-state index contributed by atoms with van der Waals surface area (Å²) in [6.45, 7) is 0. The lowest BCUT2D eigenvalue weighted by molar-refractivity contribution is 0.0993. The molecule has 0 amide bonds. The highest BCUT2D eigenvalue weighted by molar-refractivity contribution is 9.10. The first kappa shape index (κ1) is 12.7. The van der Waals surface area contributed by atoms with Crippen LogP contribution in [0.5, 0.6) is 0 Å². The van der Waals surface area contributed by atoms with E-state index in [0.29, 0.717) is 0 Å². The predicted molar refractivity (Wildman–Crippen MR) is 71.5 cm³/mol. The number of hydrogen-bond acceptors (Lipinski definition) is 2.